The fourth-order valence-corrected chi connectivity index (χ4v) is 1.75. The maximum Gasteiger partial charge on any atom is 0.225 e. The third kappa shape index (κ3) is 4.99. The van der Waals surface area contributed by atoms with Crippen LogP contribution in [0.4, 0.5) is 5.69 Å². The molecule has 3 N–H and O–H groups in total. The van der Waals surface area contributed by atoms with Crippen molar-refractivity contribution in [3.63, 3.8) is 0 Å². The molecule has 0 saturated carbocycles. The third-order valence-corrected chi connectivity index (χ3v) is 2.80. The number of para-hydroxylation sites is 1. The van der Waals surface area contributed by atoms with Crippen molar-refractivity contribution in [3.05, 3.63) is 30.3 Å². The highest BCUT2D eigenvalue weighted by Gasteiger charge is 2.18. The van der Waals surface area contributed by atoms with Crippen LogP contribution >= 0.6 is 0 Å². The molecule has 1 aromatic carbocycles. The summed E-state index contributed by atoms with van der Waals surface area (Å²) in [5.74, 6) is -0.929. The maximum atomic E-state index is 11.8. The Labute approximate surface area is 108 Å². The van der Waals surface area contributed by atoms with Crippen molar-refractivity contribution in [2.75, 3.05) is 5.32 Å². The molecular formula is C14H20N2O2. The Morgan fingerprint density at radius 3 is 2.50 bits per heavy atom. The number of carbonyl (C=O) groups is 2. The van der Waals surface area contributed by atoms with Crippen molar-refractivity contribution in [1.82, 2.24) is 0 Å². The summed E-state index contributed by atoms with van der Waals surface area (Å²) < 4.78 is 0. The Bertz CT molecular complexity index is 390. The zero-order valence-corrected chi connectivity index (χ0v) is 10.7. The monoisotopic (exact) mass is 248 g/mol. The molecule has 0 heterocycles. The number of primary amides is 1. The van der Waals surface area contributed by atoms with E-state index in [9.17, 15) is 9.59 Å². The van der Waals surface area contributed by atoms with Crippen LogP contribution in [0.5, 0.6) is 0 Å². The Kier molecular flexibility index (Phi) is 5.91. The number of amides is 2. The minimum atomic E-state index is -0.397. The van der Waals surface area contributed by atoms with Gasteiger partial charge in [0.2, 0.25) is 11.8 Å². The Morgan fingerprint density at radius 1 is 1.28 bits per heavy atom. The van der Waals surface area contributed by atoms with Crippen LogP contribution in [0.3, 0.4) is 0 Å². The zero-order chi connectivity index (χ0) is 13.4. The number of unbranched alkanes of at least 4 members (excludes halogenated alkanes) is 1. The smallest absolute Gasteiger partial charge is 0.225 e. The van der Waals surface area contributed by atoms with Crippen molar-refractivity contribution >= 4 is 17.5 Å². The molecule has 4 heteroatoms. The minimum Gasteiger partial charge on any atom is -0.369 e. The first kappa shape index (κ1) is 14.2. The van der Waals surface area contributed by atoms with Gasteiger partial charge in [0, 0.05) is 18.0 Å². The van der Waals surface area contributed by atoms with E-state index in [1.165, 1.54) is 0 Å². The molecule has 0 bridgehead atoms. The van der Waals surface area contributed by atoms with Gasteiger partial charge in [-0.1, -0.05) is 38.0 Å². The number of nitrogens with two attached hydrogens (primary N) is 1. The van der Waals surface area contributed by atoms with Crippen molar-refractivity contribution in [2.24, 2.45) is 11.7 Å². The Hall–Kier alpha value is -1.84. The van der Waals surface area contributed by atoms with Crippen LogP contribution in [0.2, 0.25) is 0 Å². The fraction of sp³-hybridized carbons (Fsp3) is 0.429. The van der Waals surface area contributed by atoms with E-state index in [0.717, 1.165) is 18.5 Å². The summed E-state index contributed by atoms with van der Waals surface area (Å²) >= 11 is 0. The molecule has 0 aromatic heterocycles. The predicted molar refractivity (Wildman–Crippen MR) is 71.9 cm³/mol. The summed E-state index contributed by atoms with van der Waals surface area (Å²) in [6, 6.07) is 9.19. The van der Waals surface area contributed by atoms with Gasteiger partial charge in [0.05, 0.1) is 0 Å². The van der Waals surface area contributed by atoms with E-state index < -0.39 is 5.91 Å². The summed E-state index contributed by atoms with van der Waals surface area (Å²) in [7, 11) is 0. The lowest BCUT2D eigenvalue weighted by Crippen LogP contribution is -2.27. The summed E-state index contributed by atoms with van der Waals surface area (Å²) in [4.78, 5) is 23.0. The SMILES string of the molecule is CCCCC(CC(=O)Nc1ccccc1)C(N)=O. The molecule has 4 nitrogen and oxygen atoms in total. The van der Waals surface area contributed by atoms with Crippen molar-refractivity contribution < 1.29 is 9.59 Å². The fourth-order valence-electron chi connectivity index (χ4n) is 1.75. The number of rotatable bonds is 7. The Balaban J connectivity index is 2.48. The molecule has 0 aliphatic carbocycles. The molecule has 1 aromatic rings. The van der Waals surface area contributed by atoms with E-state index in [1.807, 2.05) is 37.3 Å². The van der Waals surface area contributed by atoms with Crippen LogP contribution in [-0.2, 0) is 9.59 Å². The zero-order valence-electron chi connectivity index (χ0n) is 10.7. The topological polar surface area (TPSA) is 72.2 Å². The average molecular weight is 248 g/mol. The van der Waals surface area contributed by atoms with Gasteiger partial charge in [-0.25, -0.2) is 0 Å². The quantitative estimate of drug-likeness (QED) is 0.777. The number of benzene rings is 1. The van der Waals surface area contributed by atoms with E-state index in [1.54, 1.807) is 0 Å². The lowest BCUT2D eigenvalue weighted by molar-refractivity contribution is -0.126. The second-order valence-electron chi connectivity index (χ2n) is 4.36. The Morgan fingerprint density at radius 2 is 1.94 bits per heavy atom. The number of carbonyl (C=O) groups excluding carboxylic acids is 2. The molecule has 0 aliphatic heterocycles. The van der Waals surface area contributed by atoms with E-state index in [4.69, 9.17) is 5.73 Å². The van der Waals surface area contributed by atoms with Crippen LogP contribution in [0.1, 0.15) is 32.6 Å². The van der Waals surface area contributed by atoms with Crippen LogP contribution in [0, 0.1) is 5.92 Å². The van der Waals surface area contributed by atoms with Crippen molar-refractivity contribution in [1.29, 1.82) is 0 Å². The molecule has 98 valence electrons. The lowest BCUT2D eigenvalue weighted by Gasteiger charge is -2.12. The highest BCUT2D eigenvalue weighted by Crippen LogP contribution is 2.14. The molecule has 1 unspecified atom stereocenters. The molecule has 0 spiro atoms. The van der Waals surface area contributed by atoms with Gasteiger partial charge < -0.3 is 11.1 Å². The molecule has 0 aliphatic rings. The molecule has 0 fully saturated rings. The lowest BCUT2D eigenvalue weighted by atomic mass is 9.97. The maximum absolute atomic E-state index is 11.8. The van der Waals surface area contributed by atoms with Gasteiger partial charge in [-0.05, 0) is 18.6 Å². The average Bonchev–Trinajstić information content (AvgIpc) is 2.35. The van der Waals surface area contributed by atoms with Gasteiger partial charge in [0.1, 0.15) is 0 Å². The summed E-state index contributed by atoms with van der Waals surface area (Å²) in [5.41, 5.74) is 6.04. The van der Waals surface area contributed by atoms with Crippen molar-refractivity contribution in [3.8, 4) is 0 Å². The third-order valence-electron chi connectivity index (χ3n) is 2.80. The van der Waals surface area contributed by atoms with Gasteiger partial charge >= 0.3 is 0 Å². The minimum absolute atomic E-state index is 0.157. The number of hydrogen-bond donors (Lipinski definition) is 2. The first-order chi connectivity index (χ1) is 8.63. The largest absolute Gasteiger partial charge is 0.369 e. The highest BCUT2D eigenvalue weighted by atomic mass is 16.2. The highest BCUT2D eigenvalue weighted by molar-refractivity contribution is 5.93. The molecule has 18 heavy (non-hydrogen) atoms. The molecule has 0 saturated heterocycles. The van der Waals surface area contributed by atoms with Gasteiger partial charge in [0.25, 0.3) is 0 Å². The molecule has 2 amide bonds. The van der Waals surface area contributed by atoms with Crippen LogP contribution < -0.4 is 11.1 Å². The second kappa shape index (κ2) is 7.48. The molecule has 1 atom stereocenters. The van der Waals surface area contributed by atoms with Gasteiger partial charge in [-0.3, -0.25) is 9.59 Å². The van der Waals surface area contributed by atoms with Gasteiger partial charge in [-0.15, -0.1) is 0 Å². The molecule has 1 rings (SSSR count). The van der Waals surface area contributed by atoms with E-state index in [-0.39, 0.29) is 18.2 Å². The predicted octanol–water partition coefficient (Wildman–Crippen LogP) is 2.31. The molecular weight excluding hydrogens is 228 g/mol. The number of anilines is 1. The van der Waals surface area contributed by atoms with Crippen LogP contribution in [0.25, 0.3) is 0 Å². The molecule has 0 radical (unpaired) electrons. The number of hydrogen-bond acceptors (Lipinski definition) is 2. The van der Waals surface area contributed by atoms with Gasteiger partial charge in [0.15, 0.2) is 0 Å². The standard InChI is InChI=1S/C14H20N2O2/c1-2-3-7-11(14(15)18)10-13(17)16-12-8-5-4-6-9-12/h4-6,8-9,11H,2-3,7,10H2,1H3,(H2,15,18)(H,16,17). The summed E-state index contributed by atoms with van der Waals surface area (Å²) in [6.07, 6.45) is 2.73. The summed E-state index contributed by atoms with van der Waals surface area (Å²) in [5, 5.41) is 2.76. The van der Waals surface area contributed by atoms with Crippen LogP contribution in [-0.4, -0.2) is 11.8 Å². The van der Waals surface area contributed by atoms with E-state index >= 15 is 0 Å². The number of nitrogens with one attached hydrogen (secondary N) is 1. The van der Waals surface area contributed by atoms with Crippen molar-refractivity contribution in [2.45, 2.75) is 32.6 Å². The normalized spacial score (nSPS) is 11.8. The first-order valence-electron chi connectivity index (χ1n) is 6.27. The van der Waals surface area contributed by atoms with Gasteiger partial charge in [-0.2, -0.15) is 0 Å². The second-order valence-corrected chi connectivity index (χ2v) is 4.36. The van der Waals surface area contributed by atoms with E-state index in [0.29, 0.717) is 6.42 Å². The first-order valence-corrected chi connectivity index (χ1v) is 6.27. The van der Waals surface area contributed by atoms with Crippen LogP contribution in [0.15, 0.2) is 30.3 Å². The summed E-state index contributed by atoms with van der Waals surface area (Å²) in [6.45, 7) is 2.04. The van der Waals surface area contributed by atoms with E-state index in [2.05, 4.69) is 5.32 Å².